The van der Waals surface area contributed by atoms with Crippen molar-refractivity contribution in [3.63, 3.8) is 0 Å². The third-order valence-corrected chi connectivity index (χ3v) is 3.83. The predicted octanol–water partition coefficient (Wildman–Crippen LogP) is 4.10. The Labute approximate surface area is 135 Å². The highest BCUT2D eigenvalue weighted by atomic mass is 32.1. The second kappa shape index (κ2) is 6.58. The highest BCUT2D eigenvalue weighted by molar-refractivity contribution is 7.80. The van der Waals surface area contributed by atoms with Gasteiger partial charge in [-0.15, -0.1) is 0 Å². The fourth-order valence-corrected chi connectivity index (χ4v) is 2.76. The van der Waals surface area contributed by atoms with Crippen molar-refractivity contribution in [2.24, 2.45) is 5.73 Å². The van der Waals surface area contributed by atoms with Crippen molar-refractivity contribution in [2.45, 2.75) is 6.42 Å². The first-order valence-corrected chi connectivity index (χ1v) is 7.65. The molecule has 0 amide bonds. The minimum Gasteiger partial charge on any atom is -0.492 e. The van der Waals surface area contributed by atoms with Gasteiger partial charge >= 0.3 is 0 Å². The van der Waals surface area contributed by atoms with Gasteiger partial charge < -0.3 is 10.5 Å². The van der Waals surface area contributed by atoms with Crippen LogP contribution in [0.2, 0.25) is 0 Å². The van der Waals surface area contributed by atoms with Crippen LogP contribution in [0.3, 0.4) is 0 Å². The molecule has 0 atom stereocenters. The first kappa shape index (κ1) is 14.5. The van der Waals surface area contributed by atoms with Gasteiger partial charge in [0.25, 0.3) is 0 Å². The van der Waals surface area contributed by atoms with Gasteiger partial charge in [0.2, 0.25) is 0 Å². The molecule has 0 aliphatic heterocycles. The van der Waals surface area contributed by atoms with Gasteiger partial charge in [-0.1, -0.05) is 72.9 Å². The van der Waals surface area contributed by atoms with Gasteiger partial charge in [0.15, 0.2) is 0 Å². The molecule has 22 heavy (non-hydrogen) atoms. The van der Waals surface area contributed by atoms with E-state index >= 15 is 0 Å². The molecule has 0 radical (unpaired) electrons. The summed E-state index contributed by atoms with van der Waals surface area (Å²) < 4.78 is 5.94. The normalized spacial score (nSPS) is 10.5. The molecule has 110 valence electrons. The lowest BCUT2D eigenvalue weighted by Gasteiger charge is -2.13. The third kappa shape index (κ3) is 3.10. The van der Waals surface area contributed by atoms with Crippen molar-refractivity contribution in [1.82, 2.24) is 0 Å². The van der Waals surface area contributed by atoms with E-state index in [4.69, 9.17) is 22.7 Å². The van der Waals surface area contributed by atoms with Gasteiger partial charge in [-0.25, -0.2) is 0 Å². The summed E-state index contributed by atoms with van der Waals surface area (Å²) in [7, 11) is 0. The van der Waals surface area contributed by atoms with Crippen molar-refractivity contribution < 1.29 is 4.74 Å². The van der Waals surface area contributed by atoms with Crippen molar-refractivity contribution >= 4 is 28.0 Å². The van der Waals surface area contributed by atoms with Gasteiger partial charge in [-0.05, 0) is 22.4 Å². The SMILES string of the molecule is NC(=S)c1c(OCCc2ccccc2)ccc2ccccc12. The predicted molar refractivity (Wildman–Crippen MR) is 95.5 cm³/mol. The highest BCUT2D eigenvalue weighted by Crippen LogP contribution is 2.28. The number of benzene rings is 3. The number of thiocarbonyl (C=S) groups is 1. The molecule has 2 nitrogen and oxygen atoms in total. The van der Waals surface area contributed by atoms with Gasteiger partial charge in [0, 0.05) is 6.42 Å². The summed E-state index contributed by atoms with van der Waals surface area (Å²) in [4.78, 5) is 0.367. The number of rotatable bonds is 5. The molecule has 0 fully saturated rings. The minimum absolute atomic E-state index is 0.367. The largest absolute Gasteiger partial charge is 0.492 e. The summed E-state index contributed by atoms with van der Waals surface area (Å²) in [6.07, 6.45) is 0.852. The lowest BCUT2D eigenvalue weighted by atomic mass is 10.0. The van der Waals surface area contributed by atoms with Crippen LogP contribution in [0.5, 0.6) is 5.75 Å². The molecule has 3 heteroatoms. The highest BCUT2D eigenvalue weighted by Gasteiger charge is 2.11. The molecule has 0 bridgehead atoms. The van der Waals surface area contributed by atoms with Gasteiger partial charge in [0.05, 0.1) is 12.2 Å². The number of hydrogen-bond acceptors (Lipinski definition) is 2. The van der Waals surface area contributed by atoms with E-state index < -0.39 is 0 Å². The zero-order chi connectivity index (χ0) is 15.4. The number of ether oxygens (including phenoxy) is 1. The van der Waals surface area contributed by atoms with Crippen LogP contribution in [-0.2, 0) is 6.42 Å². The summed E-state index contributed by atoms with van der Waals surface area (Å²) in [5, 5.41) is 2.15. The van der Waals surface area contributed by atoms with E-state index in [2.05, 4.69) is 12.1 Å². The maximum Gasteiger partial charge on any atom is 0.130 e. The standard InChI is InChI=1S/C19H17NOS/c20-19(22)18-16-9-5-4-8-15(16)10-11-17(18)21-13-12-14-6-2-1-3-7-14/h1-11H,12-13H2,(H2,20,22). The molecular weight excluding hydrogens is 290 g/mol. The summed E-state index contributed by atoms with van der Waals surface area (Å²) in [5.74, 6) is 0.752. The maximum atomic E-state index is 5.94. The molecule has 0 saturated heterocycles. The molecule has 3 aromatic rings. The van der Waals surface area contributed by atoms with Crippen LogP contribution in [0.1, 0.15) is 11.1 Å². The van der Waals surface area contributed by atoms with Crippen LogP contribution >= 0.6 is 12.2 Å². The average molecular weight is 307 g/mol. The zero-order valence-corrected chi connectivity index (χ0v) is 13.0. The Bertz CT molecular complexity index is 799. The van der Waals surface area contributed by atoms with E-state index in [1.807, 2.05) is 54.6 Å². The molecule has 0 saturated carbocycles. The van der Waals surface area contributed by atoms with Gasteiger partial charge in [-0.3, -0.25) is 0 Å². The van der Waals surface area contributed by atoms with Crippen molar-refractivity contribution in [1.29, 1.82) is 0 Å². The molecule has 0 aromatic heterocycles. The summed E-state index contributed by atoms with van der Waals surface area (Å²) in [6, 6.07) is 22.3. The van der Waals surface area contributed by atoms with Crippen LogP contribution in [0.25, 0.3) is 10.8 Å². The Hall–Kier alpha value is -2.39. The Balaban J connectivity index is 1.84. The molecule has 3 aromatic carbocycles. The summed E-state index contributed by atoms with van der Waals surface area (Å²) >= 11 is 5.22. The second-order valence-electron chi connectivity index (χ2n) is 5.11. The minimum atomic E-state index is 0.367. The van der Waals surface area contributed by atoms with E-state index in [0.717, 1.165) is 28.5 Å². The quantitative estimate of drug-likeness (QED) is 0.721. The lowest BCUT2D eigenvalue weighted by molar-refractivity contribution is 0.322. The van der Waals surface area contributed by atoms with Crippen LogP contribution < -0.4 is 10.5 Å². The molecule has 0 heterocycles. The van der Waals surface area contributed by atoms with Crippen molar-refractivity contribution in [3.8, 4) is 5.75 Å². The second-order valence-corrected chi connectivity index (χ2v) is 5.55. The van der Waals surface area contributed by atoms with Crippen LogP contribution in [0.4, 0.5) is 0 Å². The Morgan fingerprint density at radius 3 is 2.41 bits per heavy atom. The van der Waals surface area contributed by atoms with E-state index in [9.17, 15) is 0 Å². The van der Waals surface area contributed by atoms with Crippen LogP contribution in [0, 0.1) is 0 Å². The summed E-state index contributed by atoms with van der Waals surface area (Å²) in [5.41, 5.74) is 7.99. The molecular formula is C19H17NOS. The Morgan fingerprint density at radius 2 is 1.64 bits per heavy atom. The molecule has 3 rings (SSSR count). The van der Waals surface area contributed by atoms with E-state index in [1.54, 1.807) is 0 Å². The Kier molecular flexibility index (Phi) is 4.35. The van der Waals surface area contributed by atoms with Crippen LogP contribution in [0.15, 0.2) is 66.7 Å². The van der Waals surface area contributed by atoms with E-state index in [0.29, 0.717) is 11.6 Å². The summed E-state index contributed by atoms with van der Waals surface area (Å²) in [6.45, 7) is 0.595. The maximum absolute atomic E-state index is 5.94. The van der Waals surface area contributed by atoms with E-state index in [1.165, 1.54) is 5.56 Å². The van der Waals surface area contributed by atoms with Crippen molar-refractivity contribution in [3.05, 3.63) is 77.9 Å². The molecule has 0 aliphatic carbocycles. The van der Waals surface area contributed by atoms with Crippen LogP contribution in [-0.4, -0.2) is 11.6 Å². The topological polar surface area (TPSA) is 35.2 Å². The Morgan fingerprint density at radius 1 is 0.909 bits per heavy atom. The molecule has 0 aliphatic rings. The number of hydrogen-bond donors (Lipinski definition) is 1. The first-order valence-electron chi connectivity index (χ1n) is 7.24. The van der Waals surface area contributed by atoms with Gasteiger partial charge in [0.1, 0.15) is 10.7 Å². The molecule has 0 spiro atoms. The smallest absolute Gasteiger partial charge is 0.130 e. The fraction of sp³-hybridized carbons (Fsp3) is 0.105. The monoisotopic (exact) mass is 307 g/mol. The third-order valence-electron chi connectivity index (χ3n) is 3.63. The van der Waals surface area contributed by atoms with Crippen molar-refractivity contribution in [2.75, 3.05) is 6.61 Å². The van der Waals surface area contributed by atoms with Gasteiger partial charge in [-0.2, -0.15) is 0 Å². The average Bonchev–Trinajstić information content (AvgIpc) is 2.55. The first-order chi connectivity index (χ1) is 10.8. The fourth-order valence-electron chi connectivity index (χ4n) is 2.55. The number of fused-ring (bicyclic) bond motifs is 1. The van der Waals surface area contributed by atoms with E-state index in [-0.39, 0.29) is 0 Å². The lowest BCUT2D eigenvalue weighted by Crippen LogP contribution is -2.13. The molecule has 0 unspecified atom stereocenters. The number of nitrogens with two attached hydrogens (primary N) is 1. The molecule has 2 N–H and O–H groups in total. The zero-order valence-electron chi connectivity index (χ0n) is 12.2.